The largest absolute Gasteiger partial charge is 0.416 e. The van der Waals surface area contributed by atoms with Crippen LogP contribution in [-0.2, 0) is 12.7 Å². The molecule has 0 radical (unpaired) electrons. The molecule has 0 fully saturated rings. The lowest BCUT2D eigenvalue weighted by atomic mass is 10.1. The Kier molecular flexibility index (Phi) is 3.71. The molecule has 1 heterocycles. The molecule has 0 aliphatic carbocycles. The second-order valence-corrected chi connectivity index (χ2v) is 4.94. The van der Waals surface area contributed by atoms with Gasteiger partial charge < -0.3 is 4.57 Å². The first kappa shape index (κ1) is 14.4. The van der Waals surface area contributed by atoms with Gasteiger partial charge in [-0.2, -0.15) is 13.2 Å². The van der Waals surface area contributed by atoms with Crippen LogP contribution < -0.4 is 0 Å². The van der Waals surface area contributed by atoms with Gasteiger partial charge >= 0.3 is 6.18 Å². The molecule has 0 saturated heterocycles. The molecule has 0 aliphatic rings. The molecule has 0 saturated carbocycles. The Morgan fingerprint density at radius 2 is 1.59 bits per heavy atom. The van der Waals surface area contributed by atoms with Crippen molar-refractivity contribution in [3.8, 4) is 11.4 Å². The predicted molar refractivity (Wildman–Crippen MR) is 78.2 cm³/mol. The topological polar surface area (TPSA) is 17.8 Å². The molecule has 112 valence electrons. The highest BCUT2D eigenvalue weighted by Gasteiger charge is 2.30. The Bertz CT molecular complexity index is 744. The maximum atomic E-state index is 12.6. The van der Waals surface area contributed by atoms with Gasteiger partial charge in [-0.1, -0.05) is 42.5 Å². The van der Waals surface area contributed by atoms with Gasteiger partial charge in [0, 0.05) is 24.5 Å². The van der Waals surface area contributed by atoms with E-state index in [1.807, 2.05) is 41.1 Å². The van der Waals surface area contributed by atoms with Gasteiger partial charge in [0.25, 0.3) is 0 Å². The van der Waals surface area contributed by atoms with Crippen LogP contribution in [-0.4, -0.2) is 9.55 Å². The molecule has 1 aromatic heterocycles. The fourth-order valence-corrected chi connectivity index (χ4v) is 2.29. The number of halogens is 3. The van der Waals surface area contributed by atoms with E-state index in [1.165, 1.54) is 12.1 Å². The van der Waals surface area contributed by atoms with Crippen LogP contribution in [0, 0.1) is 0 Å². The fourth-order valence-electron chi connectivity index (χ4n) is 2.29. The van der Waals surface area contributed by atoms with E-state index < -0.39 is 11.7 Å². The van der Waals surface area contributed by atoms with Crippen molar-refractivity contribution < 1.29 is 13.2 Å². The van der Waals surface area contributed by atoms with Gasteiger partial charge in [-0.25, -0.2) is 4.98 Å². The lowest BCUT2D eigenvalue weighted by Gasteiger charge is -2.10. The van der Waals surface area contributed by atoms with Crippen molar-refractivity contribution in [2.45, 2.75) is 12.7 Å². The lowest BCUT2D eigenvalue weighted by molar-refractivity contribution is -0.137. The summed E-state index contributed by atoms with van der Waals surface area (Å²) in [5, 5.41) is 0. The molecule has 22 heavy (non-hydrogen) atoms. The van der Waals surface area contributed by atoms with E-state index in [0.717, 1.165) is 17.7 Å². The fraction of sp³-hybridized carbons (Fsp3) is 0.118. The minimum absolute atomic E-state index is 0.622. The minimum Gasteiger partial charge on any atom is -0.327 e. The van der Waals surface area contributed by atoms with Gasteiger partial charge in [-0.3, -0.25) is 0 Å². The molecule has 5 heteroatoms. The summed E-state index contributed by atoms with van der Waals surface area (Å²) in [7, 11) is 0. The second-order valence-electron chi connectivity index (χ2n) is 4.94. The van der Waals surface area contributed by atoms with Crippen LogP contribution in [0.15, 0.2) is 67.0 Å². The third-order valence-corrected chi connectivity index (χ3v) is 3.38. The molecule has 2 aromatic carbocycles. The van der Waals surface area contributed by atoms with E-state index in [-0.39, 0.29) is 0 Å². The van der Waals surface area contributed by atoms with Crippen molar-refractivity contribution in [3.63, 3.8) is 0 Å². The molecule has 3 rings (SSSR count). The summed E-state index contributed by atoms with van der Waals surface area (Å²) in [5.41, 5.74) is 1.11. The second kappa shape index (κ2) is 5.67. The number of rotatable bonds is 3. The highest BCUT2D eigenvalue weighted by atomic mass is 19.4. The zero-order valence-electron chi connectivity index (χ0n) is 11.6. The molecule has 0 atom stereocenters. The number of nitrogens with zero attached hydrogens (tertiary/aromatic N) is 2. The van der Waals surface area contributed by atoms with Crippen LogP contribution in [0.5, 0.6) is 0 Å². The number of hydrogen-bond donors (Lipinski definition) is 0. The van der Waals surface area contributed by atoms with Crippen molar-refractivity contribution in [1.82, 2.24) is 9.55 Å². The van der Waals surface area contributed by atoms with Crippen LogP contribution in [0.2, 0.25) is 0 Å². The summed E-state index contributed by atoms with van der Waals surface area (Å²) >= 11 is 0. The Morgan fingerprint density at radius 3 is 2.23 bits per heavy atom. The lowest BCUT2D eigenvalue weighted by Crippen LogP contribution is -2.05. The van der Waals surface area contributed by atoms with Crippen molar-refractivity contribution in [1.29, 1.82) is 0 Å². The molecule has 0 unspecified atom stereocenters. The summed E-state index contributed by atoms with van der Waals surface area (Å²) in [4.78, 5) is 4.26. The molecule has 0 bridgehead atoms. The third kappa shape index (κ3) is 3.03. The van der Waals surface area contributed by atoms with E-state index in [1.54, 1.807) is 6.20 Å². The van der Waals surface area contributed by atoms with E-state index in [2.05, 4.69) is 4.98 Å². The molecular weight excluding hydrogens is 289 g/mol. The van der Waals surface area contributed by atoms with E-state index in [4.69, 9.17) is 0 Å². The van der Waals surface area contributed by atoms with Gasteiger partial charge in [-0.15, -0.1) is 0 Å². The number of aromatic nitrogens is 2. The normalized spacial score (nSPS) is 11.6. The highest BCUT2D eigenvalue weighted by molar-refractivity contribution is 5.56. The van der Waals surface area contributed by atoms with Crippen molar-refractivity contribution >= 4 is 0 Å². The average molecular weight is 302 g/mol. The smallest absolute Gasteiger partial charge is 0.327 e. The van der Waals surface area contributed by atoms with Gasteiger partial charge in [0.05, 0.1) is 5.56 Å². The Morgan fingerprint density at radius 1 is 0.909 bits per heavy atom. The highest BCUT2D eigenvalue weighted by Crippen LogP contribution is 2.30. The van der Waals surface area contributed by atoms with Crippen molar-refractivity contribution in [2.24, 2.45) is 0 Å². The Balaban J connectivity index is 1.89. The molecule has 0 aliphatic heterocycles. The maximum absolute atomic E-state index is 12.6. The van der Waals surface area contributed by atoms with E-state index in [0.29, 0.717) is 17.9 Å². The van der Waals surface area contributed by atoms with Crippen LogP contribution in [0.25, 0.3) is 11.4 Å². The summed E-state index contributed by atoms with van der Waals surface area (Å²) in [5.74, 6) is 0.651. The van der Waals surface area contributed by atoms with Crippen LogP contribution in [0.1, 0.15) is 11.1 Å². The number of benzene rings is 2. The first-order chi connectivity index (χ1) is 10.5. The maximum Gasteiger partial charge on any atom is 0.416 e. The molecule has 0 spiro atoms. The summed E-state index contributed by atoms with van der Waals surface area (Å²) in [6.45, 7) is 0.622. The summed E-state index contributed by atoms with van der Waals surface area (Å²) in [6, 6.07) is 14.9. The number of imidazole rings is 1. The van der Waals surface area contributed by atoms with Gasteiger partial charge in [-0.05, 0) is 17.7 Å². The Hall–Kier alpha value is -2.56. The monoisotopic (exact) mass is 302 g/mol. The predicted octanol–water partition coefficient (Wildman–Crippen LogP) is 4.62. The molecule has 0 N–H and O–H groups in total. The minimum atomic E-state index is -4.32. The van der Waals surface area contributed by atoms with Gasteiger partial charge in [0.1, 0.15) is 5.82 Å². The van der Waals surface area contributed by atoms with Gasteiger partial charge in [0.15, 0.2) is 0 Å². The number of hydrogen-bond acceptors (Lipinski definition) is 1. The van der Waals surface area contributed by atoms with Crippen LogP contribution >= 0.6 is 0 Å². The van der Waals surface area contributed by atoms with Crippen LogP contribution in [0.3, 0.4) is 0 Å². The standard InChI is InChI=1S/C17H13F3N2/c18-17(19,20)15-8-6-14(7-9-15)16-21-10-11-22(16)12-13-4-2-1-3-5-13/h1-11H,12H2. The average Bonchev–Trinajstić information content (AvgIpc) is 2.96. The summed E-state index contributed by atoms with van der Waals surface area (Å²) in [6.07, 6.45) is -0.853. The first-order valence-corrected chi connectivity index (χ1v) is 6.77. The van der Waals surface area contributed by atoms with E-state index >= 15 is 0 Å². The van der Waals surface area contributed by atoms with Crippen LogP contribution in [0.4, 0.5) is 13.2 Å². The summed E-state index contributed by atoms with van der Waals surface area (Å²) < 4.78 is 39.7. The zero-order chi connectivity index (χ0) is 15.6. The first-order valence-electron chi connectivity index (χ1n) is 6.77. The molecule has 3 aromatic rings. The third-order valence-electron chi connectivity index (χ3n) is 3.38. The quantitative estimate of drug-likeness (QED) is 0.690. The Labute approximate surface area is 125 Å². The zero-order valence-corrected chi connectivity index (χ0v) is 11.6. The molecular formula is C17H13F3N2. The van der Waals surface area contributed by atoms with Gasteiger partial charge in [0.2, 0.25) is 0 Å². The number of alkyl halides is 3. The molecule has 0 amide bonds. The van der Waals surface area contributed by atoms with Crippen molar-refractivity contribution in [2.75, 3.05) is 0 Å². The van der Waals surface area contributed by atoms with Crippen molar-refractivity contribution in [3.05, 3.63) is 78.1 Å². The molecule has 2 nitrogen and oxygen atoms in total. The van der Waals surface area contributed by atoms with E-state index in [9.17, 15) is 13.2 Å². The SMILES string of the molecule is FC(F)(F)c1ccc(-c2nccn2Cc2ccccc2)cc1.